The van der Waals surface area contributed by atoms with Crippen LogP contribution in [-0.2, 0) is 10.8 Å². The average Bonchev–Trinajstić information content (AvgIpc) is 3.65. The van der Waals surface area contributed by atoms with Crippen molar-refractivity contribution >= 4 is 27.8 Å². The van der Waals surface area contributed by atoms with Gasteiger partial charge in [-0.3, -0.25) is 0 Å². The van der Waals surface area contributed by atoms with E-state index in [1.165, 1.54) is 153 Å². The Balaban J connectivity index is 1.10. The fourth-order valence-electron chi connectivity index (χ4n) is 12.1. The highest BCUT2D eigenvalue weighted by Gasteiger charge is 2.38. The van der Waals surface area contributed by atoms with Gasteiger partial charge in [-0.15, -0.1) is 0 Å². The molecule has 0 saturated heterocycles. The quantitative estimate of drug-likeness (QED) is 0.163. The van der Waals surface area contributed by atoms with E-state index in [1.807, 2.05) is 0 Å². The highest BCUT2D eigenvalue weighted by atomic mass is 15.1. The molecule has 2 saturated carbocycles. The second-order valence-electron chi connectivity index (χ2n) is 19.3. The second kappa shape index (κ2) is 14.1. The topological polar surface area (TPSA) is 3.24 Å². The summed E-state index contributed by atoms with van der Waals surface area (Å²) < 4.78 is 0. The van der Waals surface area contributed by atoms with Crippen molar-refractivity contribution in [3.8, 4) is 33.4 Å². The number of nitrogens with zero attached hydrogens (tertiary/aromatic N) is 1. The fourth-order valence-corrected chi connectivity index (χ4v) is 12.1. The highest BCUT2D eigenvalue weighted by molar-refractivity contribution is 6.03. The fraction of sp³-hybridized carbons (Fsp3) is 0.310. The Hall–Kier alpha value is -5.40. The van der Waals surface area contributed by atoms with Crippen molar-refractivity contribution < 1.29 is 0 Å². The number of hydrogen-bond donors (Lipinski definition) is 0. The van der Waals surface area contributed by atoms with E-state index < -0.39 is 0 Å². The summed E-state index contributed by atoms with van der Waals surface area (Å²) in [4.78, 5) is 2.59. The Bertz CT molecular complexity index is 2740. The third-order valence-electron chi connectivity index (χ3n) is 15.3. The molecular weight excluding hydrogens is 711 g/mol. The molecule has 0 unspecified atom stereocenters. The predicted molar refractivity (Wildman–Crippen MR) is 251 cm³/mol. The first-order chi connectivity index (χ1) is 28.8. The van der Waals surface area contributed by atoms with Crippen LogP contribution in [0.25, 0.3) is 44.2 Å². The molecule has 0 bridgehead atoms. The van der Waals surface area contributed by atoms with Crippen molar-refractivity contribution in [2.24, 2.45) is 0 Å². The molecule has 0 spiro atoms. The van der Waals surface area contributed by atoms with Gasteiger partial charge in [0.15, 0.2) is 0 Å². The highest BCUT2D eigenvalue weighted by Crippen LogP contribution is 2.55. The molecule has 1 nitrogen and oxygen atoms in total. The molecule has 59 heavy (non-hydrogen) atoms. The van der Waals surface area contributed by atoms with Gasteiger partial charge >= 0.3 is 0 Å². The summed E-state index contributed by atoms with van der Waals surface area (Å²) in [6.07, 6.45) is 13.3. The van der Waals surface area contributed by atoms with Crippen LogP contribution in [-0.4, -0.2) is 0 Å². The van der Waals surface area contributed by atoms with Crippen LogP contribution in [0.15, 0.2) is 140 Å². The molecule has 7 aromatic rings. The normalized spacial score (nSPS) is 18.0. The summed E-state index contributed by atoms with van der Waals surface area (Å²) in [5.41, 5.74) is 20.4. The van der Waals surface area contributed by atoms with Gasteiger partial charge < -0.3 is 4.90 Å². The Kier molecular flexibility index (Phi) is 8.77. The van der Waals surface area contributed by atoms with Crippen LogP contribution in [0.1, 0.15) is 137 Å². The maximum atomic E-state index is 2.59. The van der Waals surface area contributed by atoms with Crippen molar-refractivity contribution in [3.05, 3.63) is 173 Å². The Morgan fingerprint density at radius 2 is 0.915 bits per heavy atom. The van der Waals surface area contributed by atoms with Crippen LogP contribution >= 0.6 is 0 Å². The van der Waals surface area contributed by atoms with Crippen molar-refractivity contribution in [2.75, 3.05) is 4.90 Å². The SMILES string of the molecule is CC1(C)c2ccccc2-c2ccc(N(c3ccc4c(c3)C(C)(C)c3cc(C5CCCCC5)ccc3-4)c3ccccc3-c3cccc4cccc(C5CCCCC5)c34)cc21. The molecule has 0 aliphatic heterocycles. The summed E-state index contributed by atoms with van der Waals surface area (Å²) >= 11 is 0. The molecule has 0 aromatic heterocycles. The molecule has 0 atom stereocenters. The molecule has 0 amide bonds. The number of anilines is 3. The summed E-state index contributed by atoms with van der Waals surface area (Å²) in [6, 6.07) is 54.4. The third kappa shape index (κ3) is 5.86. The largest absolute Gasteiger partial charge is 0.310 e. The van der Waals surface area contributed by atoms with Crippen molar-refractivity contribution in [1.29, 1.82) is 0 Å². The van der Waals surface area contributed by atoms with Gasteiger partial charge in [0.1, 0.15) is 0 Å². The van der Waals surface area contributed by atoms with Crippen LogP contribution < -0.4 is 4.90 Å². The maximum absolute atomic E-state index is 2.59. The standard InChI is InChI=1S/C58H57N/c1-57(2)51-27-13-11-23-45(51)47-33-30-42(36-53(47)57)59(43-31-34-48-46-32-29-41(38-17-7-5-8-18-38)35-52(46)58(3,4)54(48)37-43)55-28-14-12-24-49(55)50-26-16-22-40-21-15-25-44(56(40)50)39-19-9-6-10-20-39/h11-16,21-39H,5-10,17-20H2,1-4H3. The number of rotatable bonds is 6. The maximum Gasteiger partial charge on any atom is 0.0540 e. The Morgan fingerprint density at radius 3 is 1.59 bits per heavy atom. The summed E-state index contributed by atoms with van der Waals surface area (Å²) in [5.74, 6) is 1.30. The van der Waals surface area contributed by atoms with Crippen molar-refractivity contribution in [1.82, 2.24) is 0 Å². The van der Waals surface area contributed by atoms with Gasteiger partial charge in [-0.05, 0) is 140 Å². The molecule has 294 valence electrons. The molecule has 0 radical (unpaired) electrons. The van der Waals surface area contributed by atoms with Gasteiger partial charge in [0.2, 0.25) is 0 Å². The lowest BCUT2D eigenvalue weighted by Crippen LogP contribution is -2.18. The summed E-state index contributed by atoms with van der Waals surface area (Å²) in [5, 5.41) is 2.77. The van der Waals surface area contributed by atoms with Crippen molar-refractivity contribution in [3.63, 3.8) is 0 Å². The second-order valence-corrected chi connectivity index (χ2v) is 19.3. The van der Waals surface area contributed by atoms with E-state index in [9.17, 15) is 0 Å². The van der Waals surface area contributed by atoms with E-state index in [0.717, 1.165) is 0 Å². The zero-order chi connectivity index (χ0) is 39.9. The van der Waals surface area contributed by atoms with Gasteiger partial charge in [-0.25, -0.2) is 0 Å². The predicted octanol–water partition coefficient (Wildman–Crippen LogP) is 16.7. The average molecular weight is 768 g/mol. The Labute approximate surface area is 352 Å². The van der Waals surface area contributed by atoms with E-state index in [-0.39, 0.29) is 10.8 Å². The lowest BCUT2D eigenvalue weighted by molar-refractivity contribution is 0.443. The monoisotopic (exact) mass is 767 g/mol. The minimum Gasteiger partial charge on any atom is -0.310 e. The van der Waals surface area contributed by atoms with Crippen LogP contribution in [0.3, 0.4) is 0 Å². The van der Waals surface area contributed by atoms with Crippen LogP contribution in [0.2, 0.25) is 0 Å². The van der Waals surface area contributed by atoms with Crippen LogP contribution in [0.5, 0.6) is 0 Å². The van der Waals surface area contributed by atoms with E-state index in [1.54, 1.807) is 5.56 Å². The van der Waals surface area contributed by atoms with Gasteiger partial charge in [0, 0.05) is 27.8 Å². The van der Waals surface area contributed by atoms with E-state index in [0.29, 0.717) is 11.8 Å². The molecular formula is C58H57N. The summed E-state index contributed by atoms with van der Waals surface area (Å²) in [7, 11) is 0. The molecule has 4 aliphatic rings. The first-order valence-corrected chi connectivity index (χ1v) is 22.7. The lowest BCUT2D eigenvalue weighted by Gasteiger charge is -2.31. The molecule has 4 aliphatic carbocycles. The summed E-state index contributed by atoms with van der Waals surface area (Å²) in [6.45, 7) is 9.73. The minimum atomic E-state index is -0.108. The first-order valence-electron chi connectivity index (χ1n) is 22.7. The molecule has 0 heterocycles. The zero-order valence-corrected chi connectivity index (χ0v) is 35.5. The minimum absolute atomic E-state index is 0.102. The number of benzene rings is 7. The van der Waals surface area contributed by atoms with E-state index >= 15 is 0 Å². The number of fused-ring (bicyclic) bond motifs is 7. The smallest absolute Gasteiger partial charge is 0.0540 e. The van der Waals surface area contributed by atoms with Crippen LogP contribution in [0.4, 0.5) is 17.1 Å². The molecule has 11 rings (SSSR count). The van der Waals surface area contributed by atoms with Gasteiger partial charge in [0.05, 0.1) is 5.69 Å². The zero-order valence-electron chi connectivity index (χ0n) is 35.5. The van der Waals surface area contributed by atoms with Gasteiger partial charge in [-0.1, -0.05) is 175 Å². The van der Waals surface area contributed by atoms with Gasteiger partial charge in [0.25, 0.3) is 0 Å². The molecule has 7 aromatic carbocycles. The van der Waals surface area contributed by atoms with E-state index in [4.69, 9.17) is 0 Å². The number of hydrogen-bond acceptors (Lipinski definition) is 1. The lowest BCUT2D eigenvalue weighted by atomic mass is 9.79. The number of para-hydroxylation sites is 1. The van der Waals surface area contributed by atoms with Gasteiger partial charge in [-0.2, -0.15) is 0 Å². The first kappa shape index (κ1) is 36.7. The van der Waals surface area contributed by atoms with Crippen molar-refractivity contribution in [2.45, 2.75) is 115 Å². The molecule has 1 heteroatoms. The Morgan fingerprint density at radius 1 is 0.407 bits per heavy atom. The van der Waals surface area contributed by atoms with E-state index in [2.05, 4.69) is 172 Å². The molecule has 2 fully saturated rings. The molecule has 0 N–H and O–H groups in total. The van der Waals surface area contributed by atoms with Crippen LogP contribution in [0, 0.1) is 0 Å². The third-order valence-corrected chi connectivity index (χ3v) is 15.3.